The van der Waals surface area contributed by atoms with Gasteiger partial charge in [-0.1, -0.05) is 60.7 Å². The van der Waals surface area contributed by atoms with E-state index in [0.717, 1.165) is 11.1 Å². The van der Waals surface area contributed by atoms with Crippen LogP contribution in [-0.4, -0.2) is 5.78 Å². The Morgan fingerprint density at radius 1 is 1.04 bits per heavy atom. The quantitative estimate of drug-likeness (QED) is 0.593. The molecular formula is C21H20O3. The summed E-state index contributed by atoms with van der Waals surface area (Å²) < 4.78 is 12.0. The molecule has 3 nitrogen and oxygen atoms in total. The van der Waals surface area contributed by atoms with Crippen molar-refractivity contribution in [2.75, 3.05) is 0 Å². The fraction of sp³-hybridized carbons (Fsp3) is 0.190. The van der Waals surface area contributed by atoms with Gasteiger partial charge >= 0.3 is 0 Å². The largest absolute Gasteiger partial charge is 0.462 e. The molecule has 2 aromatic carbocycles. The van der Waals surface area contributed by atoms with Crippen LogP contribution in [0.25, 0.3) is 0 Å². The first-order chi connectivity index (χ1) is 11.6. The van der Waals surface area contributed by atoms with Gasteiger partial charge in [0.2, 0.25) is 0 Å². The summed E-state index contributed by atoms with van der Waals surface area (Å²) in [6.45, 7) is 3.82. The zero-order valence-corrected chi connectivity index (χ0v) is 13.9. The van der Waals surface area contributed by atoms with Crippen molar-refractivity contribution in [2.24, 2.45) is 0 Å². The molecule has 1 unspecified atom stereocenters. The molecule has 0 aliphatic rings. The number of hydrogen-bond donors (Lipinski definition) is 0. The van der Waals surface area contributed by atoms with Crippen LogP contribution in [0.5, 0.6) is 0 Å². The summed E-state index contributed by atoms with van der Waals surface area (Å²) in [6, 6.07) is 21.7. The molecule has 1 aromatic heterocycles. The van der Waals surface area contributed by atoms with Gasteiger partial charge in [-0.2, -0.15) is 0 Å². The number of ether oxygens (including phenoxy) is 1. The minimum Gasteiger partial charge on any atom is -0.462 e. The van der Waals surface area contributed by atoms with Crippen LogP contribution < -0.4 is 0 Å². The molecule has 0 N–H and O–H groups in total. The van der Waals surface area contributed by atoms with E-state index in [4.69, 9.17) is 9.15 Å². The number of furan rings is 1. The maximum atomic E-state index is 11.7. The second kappa shape index (κ2) is 7.28. The van der Waals surface area contributed by atoms with Crippen molar-refractivity contribution in [2.45, 2.75) is 26.6 Å². The Bertz CT molecular complexity index is 804. The lowest BCUT2D eigenvalue weighted by molar-refractivity contribution is 0.0519. The first-order valence-corrected chi connectivity index (χ1v) is 7.97. The molecule has 122 valence electrons. The van der Waals surface area contributed by atoms with Gasteiger partial charge in [0.05, 0.1) is 12.2 Å². The molecule has 1 atom stereocenters. The van der Waals surface area contributed by atoms with Crippen LogP contribution in [0, 0.1) is 6.92 Å². The van der Waals surface area contributed by atoms with Gasteiger partial charge < -0.3 is 9.15 Å². The SMILES string of the molecule is CC(=O)c1cc(C(OCc2ccccc2)c2ccccc2)oc1C. The van der Waals surface area contributed by atoms with Gasteiger partial charge in [0.25, 0.3) is 0 Å². The Morgan fingerprint density at radius 2 is 1.67 bits per heavy atom. The Morgan fingerprint density at radius 3 is 2.25 bits per heavy atom. The number of benzene rings is 2. The smallest absolute Gasteiger partial charge is 0.163 e. The molecule has 3 aromatic rings. The number of hydrogen-bond acceptors (Lipinski definition) is 3. The second-order valence-electron chi connectivity index (χ2n) is 5.76. The summed E-state index contributed by atoms with van der Waals surface area (Å²) >= 11 is 0. The van der Waals surface area contributed by atoms with E-state index < -0.39 is 0 Å². The first-order valence-electron chi connectivity index (χ1n) is 7.97. The van der Waals surface area contributed by atoms with Gasteiger partial charge in [0.15, 0.2) is 5.78 Å². The topological polar surface area (TPSA) is 39.4 Å². The van der Waals surface area contributed by atoms with Gasteiger partial charge in [-0.05, 0) is 31.0 Å². The van der Waals surface area contributed by atoms with Crippen molar-refractivity contribution in [3.05, 3.63) is 94.9 Å². The predicted octanol–water partition coefficient (Wildman–Crippen LogP) is 5.10. The average molecular weight is 320 g/mol. The molecule has 3 heteroatoms. The summed E-state index contributed by atoms with van der Waals surface area (Å²) in [6.07, 6.45) is -0.349. The Hall–Kier alpha value is -2.65. The molecule has 0 bridgehead atoms. The van der Waals surface area contributed by atoms with Gasteiger partial charge in [0, 0.05) is 0 Å². The lowest BCUT2D eigenvalue weighted by Gasteiger charge is -2.16. The van der Waals surface area contributed by atoms with Crippen molar-refractivity contribution in [1.82, 2.24) is 0 Å². The van der Waals surface area contributed by atoms with E-state index in [1.54, 1.807) is 19.9 Å². The first kappa shape index (κ1) is 16.2. The third-order valence-corrected chi connectivity index (χ3v) is 3.94. The molecule has 24 heavy (non-hydrogen) atoms. The molecule has 0 saturated heterocycles. The van der Waals surface area contributed by atoms with Crippen LogP contribution >= 0.6 is 0 Å². The molecule has 0 fully saturated rings. The van der Waals surface area contributed by atoms with E-state index in [-0.39, 0.29) is 11.9 Å². The molecule has 0 amide bonds. The summed E-state index contributed by atoms with van der Waals surface area (Å²) in [5, 5.41) is 0. The number of carbonyl (C=O) groups excluding carboxylic acids is 1. The molecule has 0 aliphatic heterocycles. The lowest BCUT2D eigenvalue weighted by atomic mass is 10.1. The number of aryl methyl sites for hydroxylation is 1. The number of rotatable bonds is 6. The highest BCUT2D eigenvalue weighted by atomic mass is 16.5. The molecule has 3 rings (SSSR count). The normalized spacial score (nSPS) is 12.1. The van der Waals surface area contributed by atoms with E-state index >= 15 is 0 Å². The van der Waals surface area contributed by atoms with Gasteiger partial charge in [-0.3, -0.25) is 4.79 Å². The van der Waals surface area contributed by atoms with Crippen LogP contribution in [0.1, 0.15) is 46.0 Å². The second-order valence-corrected chi connectivity index (χ2v) is 5.76. The van der Waals surface area contributed by atoms with Crippen LogP contribution in [0.2, 0.25) is 0 Å². The van der Waals surface area contributed by atoms with E-state index in [0.29, 0.717) is 23.7 Å². The van der Waals surface area contributed by atoms with E-state index in [2.05, 4.69) is 0 Å². The minimum atomic E-state index is -0.349. The zero-order valence-electron chi connectivity index (χ0n) is 13.9. The van der Waals surface area contributed by atoms with Crippen molar-refractivity contribution >= 4 is 5.78 Å². The maximum Gasteiger partial charge on any atom is 0.163 e. The summed E-state index contributed by atoms with van der Waals surface area (Å²) in [4.78, 5) is 11.7. The third kappa shape index (κ3) is 3.63. The molecule has 0 saturated carbocycles. The van der Waals surface area contributed by atoms with E-state index in [9.17, 15) is 4.79 Å². The van der Waals surface area contributed by atoms with Crippen molar-refractivity contribution in [3.63, 3.8) is 0 Å². The van der Waals surface area contributed by atoms with E-state index in [1.807, 2.05) is 60.7 Å². The number of ketones is 1. The number of carbonyl (C=O) groups is 1. The van der Waals surface area contributed by atoms with Crippen molar-refractivity contribution in [3.8, 4) is 0 Å². The van der Waals surface area contributed by atoms with Gasteiger partial charge in [-0.15, -0.1) is 0 Å². The highest BCUT2D eigenvalue weighted by Crippen LogP contribution is 2.30. The lowest BCUT2D eigenvalue weighted by Crippen LogP contribution is -2.05. The highest BCUT2D eigenvalue weighted by Gasteiger charge is 2.22. The fourth-order valence-corrected chi connectivity index (χ4v) is 2.71. The summed E-state index contributed by atoms with van der Waals surface area (Å²) in [5.74, 6) is 1.28. The summed E-state index contributed by atoms with van der Waals surface area (Å²) in [7, 11) is 0. The minimum absolute atomic E-state index is 0.00243. The van der Waals surface area contributed by atoms with Gasteiger partial charge in [0.1, 0.15) is 17.6 Å². The Labute approximate surface area is 141 Å². The third-order valence-electron chi connectivity index (χ3n) is 3.94. The standard InChI is InChI=1S/C21H20O3/c1-15(22)19-13-20(24-16(19)2)21(18-11-7-4-8-12-18)23-14-17-9-5-3-6-10-17/h3-13,21H,14H2,1-2H3. The Balaban J connectivity index is 1.90. The molecular weight excluding hydrogens is 300 g/mol. The van der Waals surface area contributed by atoms with Crippen LogP contribution in [0.3, 0.4) is 0 Å². The van der Waals surface area contributed by atoms with Crippen LogP contribution in [-0.2, 0) is 11.3 Å². The highest BCUT2D eigenvalue weighted by molar-refractivity contribution is 5.95. The monoisotopic (exact) mass is 320 g/mol. The molecule has 0 spiro atoms. The maximum absolute atomic E-state index is 11.7. The fourth-order valence-electron chi connectivity index (χ4n) is 2.71. The number of Topliss-reactive ketones (excluding diaryl/α,β-unsaturated/α-hetero) is 1. The Kier molecular flexibility index (Phi) is 4.92. The van der Waals surface area contributed by atoms with Crippen LogP contribution in [0.15, 0.2) is 71.1 Å². The predicted molar refractivity (Wildman–Crippen MR) is 93.0 cm³/mol. The van der Waals surface area contributed by atoms with Gasteiger partial charge in [-0.25, -0.2) is 0 Å². The van der Waals surface area contributed by atoms with Crippen molar-refractivity contribution < 1.29 is 13.9 Å². The molecule has 1 heterocycles. The molecule has 0 aliphatic carbocycles. The van der Waals surface area contributed by atoms with Crippen molar-refractivity contribution in [1.29, 1.82) is 0 Å². The van der Waals surface area contributed by atoms with Crippen LogP contribution in [0.4, 0.5) is 0 Å². The average Bonchev–Trinajstić information content (AvgIpc) is 2.99. The zero-order chi connectivity index (χ0) is 16.9. The summed E-state index contributed by atoms with van der Waals surface area (Å²) in [5.41, 5.74) is 2.69. The van der Waals surface area contributed by atoms with E-state index in [1.165, 1.54) is 0 Å². The molecule has 0 radical (unpaired) electrons.